The van der Waals surface area contributed by atoms with Gasteiger partial charge in [-0.15, -0.1) is 0 Å². The lowest BCUT2D eigenvalue weighted by Crippen LogP contribution is -2.18. The highest BCUT2D eigenvalue weighted by Crippen LogP contribution is 2.33. The Morgan fingerprint density at radius 1 is 1.15 bits per heavy atom. The Morgan fingerprint density at radius 2 is 2.00 bits per heavy atom. The first kappa shape index (κ1) is 13.5. The second-order valence-corrected chi connectivity index (χ2v) is 6.14. The minimum Gasteiger partial charge on any atom is -0.330 e. The van der Waals surface area contributed by atoms with Crippen LogP contribution in [0.3, 0.4) is 0 Å². The summed E-state index contributed by atoms with van der Waals surface area (Å²) in [6.45, 7) is 0.762. The van der Waals surface area contributed by atoms with Crippen molar-refractivity contribution in [1.29, 1.82) is 0 Å². The van der Waals surface area contributed by atoms with Crippen molar-refractivity contribution in [3.8, 4) is 0 Å². The normalized spacial score (nSPS) is 17.6. The van der Waals surface area contributed by atoms with E-state index in [4.69, 9.17) is 5.73 Å². The monoisotopic (exact) mass is 284 g/mol. The molecule has 0 aromatic heterocycles. The van der Waals surface area contributed by atoms with Gasteiger partial charge in [0.05, 0.1) is 0 Å². The summed E-state index contributed by atoms with van der Waals surface area (Å²) in [5.74, 6) is 0.551. The number of hydrogen-bond acceptors (Lipinski definition) is 3. The zero-order valence-electron chi connectivity index (χ0n) is 11.5. The minimum absolute atomic E-state index is 0.551. The molecule has 3 heteroatoms. The molecule has 20 heavy (non-hydrogen) atoms. The van der Waals surface area contributed by atoms with E-state index in [1.165, 1.54) is 41.0 Å². The fourth-order valence-corrected chi connectivity index (χ4v) is 3.49. The number of nitrogens with two attached hydrogens (primary N) is 1. The second kappa shape index (κ2) is 6.33. The number of hydrogen-bond donors (Lipinski definition) is 2. The zero-order valence-corrected chi connectivity index (χ0v) is 12.3. The van der Waals surface area contributed by atoms with E-state index in [1.54, 1.807) is 11.9 Å². The molecule has 1 atom stereocenters. The van der Waals surface area contributed by atoms with Gasteiger partial charge in [-0.05, 0) is 79.1 Å². The largest absolute Gasteiger partial charge is 0.330 e. The first-order chi connectivity index (χ1) is 9.86. The van der Waals surface area contributed by atoms with E-state index in [0.717, 1.165) is 6.54 Å². The fraction of sp³-hybridized carbons (Fsp3) is 0.294. The van der Waals surface area contributed by atoms with Crippen LogP contribution in [0, 0.1) is 0 Å². The molecule has 1 unspecified atom stereocenters. The topological polar surface area (TPSA) is 38.0 Å². The molecule has 0 fully saturated rings. The number of nitrogens with one attached hydrogen (secondary N) is 1. The van der Waals surface area contributed by atoms with Gasteiger partial charge in [0, 0.05) is 10.6 Å². The number of fused-ring (bicyclic) bond motifs is 1. The summed E-state index contributed by atoms with van der Waals surface area (Å²) in [4.78, 5) is 1.23. The number of aryl methyl sites for hydroxylation is 1. The van der Waals surface area contributed by atoms with Crippen molar-refractivity contribution in [2.24, 2.45) is 5.73 Å². The molecule has 0 aliphatic heterocycles. The molecule has 0 spiro atoms. The van der Waals surface area contributed by atoms with Crippen LogP contribution in [0.15, 0.2) is 53.4 Å². The number of benzene rings is 2. The first-order valence-corrected chi connectivity index (χ1v) is 7.99. The summed E-state index contributed by atoms with van der Waals surface area (Å²) in [6.07, 6.45) is 3.66. The molecule has 1 aliphatic rings. The van der Waals surface area contributed by atoms with Crippen molar-refractivity contribution in [2.75, 3.05) is 11.3 Å². The van der Waals surface area contributed by atoms with Crippen LogP contribution >= 0.6 is 11.9 Å². The lowest BCUT2D eigenvalue weighted by molar-refractivity contribution is 0.561. The van der Waals surface area contributed by atoms with Gasteiger partial charge in [-0.2, -0.15) is 0 Å². The van der Waals surface area contributed by atoms with Crippen molar-refractivity contribution >= 4 is 17.6 Å². The summed E-state index contributed by atoms with van der Waals surface area (Å²) < 4.78 is 3.43. The predicted molar refractivity (Wildman–Crippen MR) is 87.1 cm³/mol. The van der Waals surface area contributed by atoms with E-state index < -0.39 is 0 Å². The molecule has 104 valence electrons. The quantitative estimate of drug-likeness (QED) is 0.827. The molecule has 0 radical (unpaired) electrons. The molecule has 2 nitrogen and oxygen atoms in total. The highest BCUT2D eigenvalue weighted by atomic mass is 32.2. The van der Waals surface area contributed by atoms with Crippen molar-refractivity contribution in [3.05, 3.63) is 59.7 Å². The fourth-order valence-electron chi connectivity index (χ4n) is 2.83. The molecule has 0 saturated carbocycles. The van der Waals surface area contributed by atoms with Crippen LogP contribution in [0.1, 0.15) is 29.9 Å². The van der Waals surface area contributed by atoms with Gasteiger partial charge >= 0.3 is 0 Å². The zero-order chi connectivity index (χ0) is 13.8. The van der Waals surface area contributed by atoms with Gasteiger partial charge in [-0.25, -0.2) is 0 Å². The summed E-state index contributed by atoms with van der Waals surface area (Å²) in [5, 5.41) is 0. The van der Waals surface area contributed by atoms with E-state index in [2.05, 4.69) is 47.2 Å². The van der Waals surface area contributed by atoms with Crippen LogP contribution in [0.25, 0.3) is 0 Å². The van der Waals surface area contributed by atoms with Crippen LogP contribution in [0.2, 0.25) is 0 Å². The van der Waals surface area contributed by atoms with Crippen molar-refractivity contribution in [2.45, 2.75) is 30.1 Å². The Kier molecular flexibility index (Phi) is 4.28. The predicted octanol–water partition coefficient (Wildman–Crippen LogP) is 4.18. The smallest absolute Gasteiger partial charge is 0.0446 e. The maximum Gasteiger partial charge on any atom is 0.0446 e. The molecule has 3 N–H and O–H groups in total. The molecular formula is C17H20N2S. The number of anilines is 1. The van der Waals surface area contributed by atoms with Gasteiger partial charge < -0.3 is 10.5 Å². The third-order valence-corrected chi connectivity index (χ3v) is 4.74. The first-order valence-electron chi connectivity index (χ1n) is 7.17. The Hall–Kier alpha value is -1.45. The van der Waals surface area contributed by atoms with Crippen molar-refractivity contribution < 1.29 is 0 Å². The SMILES string of the molecule is NCC1CCCc2cc(NSc3ccccc3)ccc21. The van der Waals surface area contributed by atoms with Gasteiger partial charge in [0.2, 0.25) is 0 Å². The molecular weight excluding hydrogens is 264 g/mol. The lowest BCUT2D eigenvalue weighted by atomic mass is 9.83. The molecule has 1 aliphatic carbocycles. The van der Waals surface area contributed by atoms with Gasteiger partial charge in [0.25, 0.3) is 0 Å². The second-order valence-electron chi connectivity index (χ2n) is 5.26. The average molecular weight is 284 g/mol. The minimum atomic E-state index is 0.551. The third kappa shape index (κ3) is 3.00. The Morgan fingerprint density at radius 3 is 2.80 bits per heavy atom. The summed E-state index contributed by atoms with van der Waals surface area (Å²) in [6, 6.07) is 17.1. The van der Waals surface area contributed by atoms with Gasteiger partial charge in [-0.1, -0.05) is 24.3 Å². The Balaban J connectivity index is 1.72. The van der Waals surface area contributed by atoms with Crippen LogP contribution in [0.4, 0.5) is 5.69 Å². The van der Waals surface area contributed by atoms with Crippen molar-refractivity contribution in [3.63, 3.8) is 0 Å². The maximum absolute atomic E-state index is 5.87. The molecule has 0 saturated heterocycles. The molecule has 2 aromatic rings. The lowest BCUT2D eigenvalue weighted by Gasteiger charge is -2.25. The maximum atomic E-state index is 5.87. The summed E-state index contributed by atoms with van der Waals surface area (Å²) in [5.41, 5.74) is 9.96. The van der Waals surface area contributed by atoms with Gasteiger partial charge in [0.15, 0.2) is 0 Å². The molecule has 0 amide bonds. The van der Waals surface area contributed by atoms with Crippen LogP contribution in [-0.4, -0.2) is 6.54 Å². The summed E-state index contributed by atoms with van der Waals surface area (Å²) >= 11 is 1.66. The standard InChI is InChI=1S/C17H20N2S/c18-12-14-6-4-5-13-11-15(9-10-17(13)14)19-20-16-7-2-1-3-8-16/h1-3,7-11,14,19H,4-6,12,18H2. The number of rotatable bonds is 4. The van der Waals surface area contributed by atoms with Gasteiger partial charge in [-0.3, -0.25) is 0 Å². The van der Waals surface area contributed by atoms with Crippen molar-refractivity contribution in [1.82, 2.24) is 0 Å². The van der Waals surface area contributed by atoms with Crippen LogP contribution in [-0.2, 0) is 6.42 Å². The van der Waals surface area contributed by atoms with Gasteiger partial charge in [0.1, 0.15) is 0 Å². The van der Waals surface area contributed by atoms with E-state index in [0.29, 0.717) is 5.92 Å². The van der Waals surface area contributed by atoms with E-state index in [-0.39, 0.29) is 0 Å². The van der Waals surface area contributed by atoms with E-state index in [9.17, 15) is 0 Å². The third-order valence-electron chi connectivity index (χ3n) is 3.90. The van der Waals surface area contributed by atoms with E-state index >= 15 is 0 Å². The highest BCUT2D eigenvalue weighted by Gasteiger charge is 2.18. The Labute approximate surface area is 124 Å². The van der Waals surface area contributed by atoms with Crippen LogP contribution in [0.5, 0.6) is 0 Å². The highest BCUT2D eigenvalue weighted by molar-refractivity contribution is 8.00. The molecule has 0 bridgehead atoms. The average Bonchev–Trinajstić information content (AvgIpc) is 2.53. The summed E-state index contributed by atoms with van der Waals surface area (Å²) in [7, 11) is 0. The Bertz CT molecular complexity index is 568. The molecule has 3 rings (SSSR count). The van der Waals surface area contributed by atoms with Crippen LogP contribution < -0.4 is 10.5 Å². The van der Waals surface area contributed by atoms with E-state index in [1.807, 2.05) is 6.07 Å². The molecule has 0 heterocycles. The molecule has 2 aromatic carbocycles.